The summed E-state index contributed by atoms with van der Waals surface area (Å²) in [6, 6.07) is 9.43. The molecule has 0 fully saturated rings. The van der Waals surface area contributed by atoms with Crippen LogP contribution in [-0.4, -0.2) is 29.3 Å². The first-order valence-electron chi connectivity index (χ1n) is 8.12. The van der Waals surface area contributed by atoms with Crippen LogP contribution >= 0.6 is 0 Å². The van der Waals surface area contributed by atoms with Crippen molar-refractivity contribution in [3.05, 3.63) is 42.4 Å². The molecule has 3 aromatic rings. The number of ether oxygens (including phenoxy) is 2. The van der Waals surface area contributed by atoms with E-state index in [4.69, 9.17) is 14.0 Å². The van der Waals surface area contributed by atoms with Crippen molar-refractivity contribution in [1.29, 1.82) is 0 Å². The number of methoxy groups -OCH3 is 2. The van der Waals surface area contributed by atoms with E-state index in [0.717, 1.165) is 23.2 Å². The number of benzene rings is 1. The van der Waals surface area contributed by atoms with Gasteiger partial charge in [0.15, 0.2) is 5.82 Å². The molecule has 0 aliphatic carbocycles. The minimum absolute atomic E-state index is 0.474. The van der Waals surface area contributed by atoms with Crippen molar-refractivity contribution in [2.75, 3.05) is 14.2 Å². The normalized spacial score (nSPS) is 10.9. The summed E-state index contributed by atoms with van der Waals surface area (Å²) in [4.78, 5) is 8.95. The topological polar surface area (TPSA) is 70.3 Å². The fourth-order valence-corrected chi connectivity index (χ4v) is 2.59. The van der Waals surface area contributed by atoms with Gasteiger partial charge in [-0.05, 0) is 30.2 Å². The van der Waals surface area contributed by atoms with Gasteiger partial charge in [0, 0.05) is 12.6 Å². The van der Waals surface area contributed by atoms with Gasteiger partial charge in [0.1, 0.15) is 11.5 Å². The summed E-state index contributed by atoms with van der Waals surface area (Å²) in [6.07, 6.45) is 2.50. The lowest BCUT2D eigenvalue weighted by Crippen LogP contribution is -1.96. The van der Waals surface area contributed by atoms with E-state index in [2.05, 4.69) is 29.0 Å². The van der Waals surface area contributed by atoms with Crippen LogP contribution in [0.3, 0.4) is 0 Å². The summed E-state index contributed by atoms with van der Waals surface area (Å²) in [5.74, 6) is 3.07. The second-order valence-electron chi connectivity index (χ2n) is 6.08. The lowest BCUT2D eigenvalue weighted by atomic mass is 10.1. The predicted molar refractivity (Wildman–Crippen MR) is 94.6 cm³/mol. The second-order valence-corrected chi connectivity index (χ2v) is 6.08. The van der Waals surface area contributed by atoms with Crippen molar-refractivity contribution in [2.24, 2.45) is 5.92 Å². The Hall–Kier alpha value is -2.89. The summed E-state index contributed by atoms with van der Waals surface area (Å²) < 4.78 is 16.2. The number of hydrogen-bond donors (Lipinski definition) is 0. The Morgan fingerprint density at radius 3 is 2.32 bits per heavy atom. The maximum Gasteiger partial charge on any atom is 0.259 e. The van der Waals surface area contributed by atoms with Crippen LogP contribution in [-0.2, 0) is 6.42 Å². The average molecular weight is 339 g/mol. The Morgan fingerprint density at radius 2 is 1.76 bits per heavy atom. The molecule has 0 saturated heterocycles. The molecule has 0 aliphatic rings. The van der Waals surface area contributed by atoms with Gasteiger partial charge in [-0.2, -0.15) is 4.98 Å². The summed E-state index contributed by atoms with van der Waals surface area (Å²) in [6.45, 7) is 4.24. The lowest BCUT2D eigenvalue weighted by molar-refractivity contribution is 0.397. The van der Waals surface area contributed by atoms with Crippen molar-refractivity contribution in [3.63, 3.8) is 0 Å². The SMILES string of the molecule is COc1cccc(OC)c1-c1ccc(-c2nc(CC(C)C)no2)cn1. The summed E-state index contributed by atoms with van der Waals surface area (Å²) in [5, 5.41) is 4.01. The zero-order chi connectivity index (χ0) is 17.8. The first kappa shape index (κ1) is 17.0. The number of pyridine rings is 1. The van der Waals surface area contributed by atoms with Crippen LogP contribution < -0.4 is 9.47 Å². The van der Waals surface area contributed by atoms with Crippen molar-refractivity contribution in [2.45, 2.75) is 20.3 Å². The van der Waals surface area contributed by atoms with Gasteiger partial charge in [0.2, 0.25) is 0 Å². The van der Waals surface area contributed by atoms with Crippen LogP contribution in [0.4, 0.5) is 0 Å². The fraction of sp³-hybridized carbons (Fsp3) is 0.316. The molecule has 0 amide bonds. The highest BCUT2D eigenvalue weighted by molar-refractivity contribution is 5.75. The standard InChI is InChI=1S/C19H21N3O3/c1-12(2)10-17-21-19(25-22-17)13-8-9-14(20-11-13)18-15(23-3)6-5-7-16(18)24-4/h5-9,11-12H,10H2,1-4H3. The first-order chi connectivity index (χ1) is 12.1. The molecule has 0 spiro atoms. The van der Waals surface area contributed by atoms with E-state index in [0.29, 0.717) is 29.1 Å². The van der Waals surface area contributed by atoms with Crippen LogP contribution in [0.5, 0.6) is 11.5 Å². The van der Waals surface area contributed by atoms with Crippen LogP contribution in [0.15, 0.2) is 41.1 Å². The summed E-state index contributed by atoms with van der Waals surface area (Å²) >= 11 is 0. The molecule has 1 aromatic carbocycles. The smallest absolute Gasteiger partial charge is 0.259 e. The number of rotatable bonds is 6. The molecule has 0 aliphatic heterocycles. The predicted octanol–water partition coefficient (Wildman–Crippen LogP) is 4.01. The highest BCUT2D eigenvalue weighted by Crippen LogP contribution is 2.37. The molecule has 3 rings (SSSR count). The van der Waals surface area contributed by atoms with E-state index < -0.39 is 0 Å². The third-order valence-corrected chi connectivity index (χ3v) is 3.75. The Morgan fingerprint density at radius 1 is 1.04 bits per heavy atom. The monoisotopic (exact) mass is 339 g/mol. The number of hydrogen-bond acceptors (Lipinski definition) is 6. The molecule has 6 nitrogen and oxygen atoms in total. The van der Waals surface area contributed by atoms with Gasteiger partial charge in [0.25, 0.3) is 5.89 Å². The van der Waals surface area contributed by atoms with E-state index in [-0.39, 0.29) is 0 Å². The van der Waals surface area contributed by atoms with Crippen LogP contribution in [0.1, 0.15) is 19.7 Å². The molecule has 2 heterocycles. The van der Waals surface area contributed by atoms with Crippen LogP contribution in [0.2, 0.25) is 0 Å². The van der Waals surface area contributed by atoms with E-state index in [1.807, 2.05) is 30.3 Å². The van der Waals surface area contributed by atoms with Gasteiger partial charge in [-0.25, -0.2) is 0 Å². The van der Waals surface area contributed by atoms with E-state index in [1.54, 1.807) is 20.4 Å². The minimum atomic E-state index is 0.474. The van der Waals surface area contributed by atoms with E-state index >= 15 is 0 Å². The van der Waals surface area contributed by atoms with Gasteiger partial charge in [-0.3, -0.25) is 4.98 Å². The van der Waals surface area contributed by atoms with E-state index in [9.17, 15) is 0 Å². The molecule has 2 aromatic heterocycles. The average Bonchev–Trinajstić information content (AvgIpc) is 3.08. The molecule has 6 heteroatoms. The Labute approximate surface area is 146 Å². The largest absolute Gasteiger partial charge is 0.496 e. The first-order valence-corrected chi connectivity index (χ1v) is 8.12. The van der Waals surface area contributed by atoms with Gasteiger partial charge < -0.3 is 14.0 Å². The van der Waals surface area contributed by atoms with Crippen molar-refractivity contribution < 1.29 is 14.0 Å². The Balaban J connectivity index is 1.92. The highest BCUT2D eigenvalue weighted by atomic mass is 16.5. The maximum absolute atomic E-state index is 5.44. The molecular formula is C19H21N3O3. The summed E-state index contributed by atoms with van der Waals surface area (Å²) in [7, 11) is 3.25. The Kier molecular flexibility index (Phi) is 4.97. The van der Waals surface area contributed by atoms with Crippen molar-refractivity contribution in [1.82, 2.24) is 15.1 Å². The zero-order valence-corrected chi connectivity index (χ0v) is 14.8. The molecule has 0 radical (unpaired) electrons. The summed E-state index contributed by atoms with van der Waals surface area (Å²) in [5.41, 5.74) is 2.34. The van der Waals surface area contributed by atoms with E-state index in [1.165, 1.54) is 0 Å². The molecule has 0 bridgehead atoms. The van der Waals surface area contributed by atoms with Crippen molar-refractivity contribution in [3.8, 4) is 34.2 Å². The number of nitrogens with zero attached hydrogens (tertiary/aromatic N) is 3. The molecule has 130 valence electrons. The molecular weight excluding hydrogens is 318 g/mol. The molecule has 0 unspecified atom stereocenters. The van der Waals surface area contributed by atoms with Crippen molar-refractivity contribution >= 4 is 0 Å². The lowest BCUT2D eigenvalue weighted by Gasteiger charge is -2.12. The minimum Gasteiger partial charge on any atom is -0.496 e. The third kappa shape index (κ3) is 3.63. The maximum atomic E-state index is 5.44. The van der Waals surface area contributed by atoms with Crippen LogP contribution in [0, 0.1) is 5.92 Å². The second kappa shape index (κ2) is 7.34. The molecule has 0 N–H and O–H groups in total. The molecule has 0 saturated carbocycles. The zero-order valence-electron chi connectivity index (χ0n) is 14.8. The molecule has 25 heavy (non-hydrogen) atoms. The fourth-order valence-electron chi connectivity index (χ4n) is 2.59. The van der Waals surface area contributed by atoms with Crippen LogP contribution in [0.25, 0.3) is 22.7 Å². The molecule has 0 atom stereocenters. The Bertz CT molecular complexity index is 819. The van der Waals surface area contributed by atoms with Gasteiger partial charge in [-0.15, -0.1) is 0 Å². The number of aromatic nitrogens is 3. The highest BCUT2D eigenvalue weighted by Gasteiger charge is 2.15. The van der Waals surface area contributed by atoms with Gasteiger partial charge >= 0.3 is 0 Å². The quantitative estimate of drug-likeness (QED) is 0.676. The third-order valence-electron chi connectivity index (χ3n) is 3.75. The van der Waals surface area contributed by atoms with Gasteiger partial charge in [-0.1, -0.05) is 25.1 Å². The van der Waals surface area contributed by atoms with Gasteiger partial charge in [0.05, 0.1) is 31.0 Å².